The monoisotopic (exact) mass is 448 g/mol. The molecule has 0 saturated carbocycles. The fourth-order valence-corrected chi connectivity index (χ4v) is 3.67. The summed E-state index contributed by atoms with van der Waals surface area (Å²) in [6.45, 7) is 6.16. The Morgan fingerprint density at radius 3 is 2.39 bits per heavy atom. The van der Waals surface area contributed by atoms with Gasteiger partial charge in [0.25, 0.3) is 11.8 Å². The molecule has 0 atom stereocenters. The third-order valence-corrected chi connectivity index (χ3v) is 5.44. The van der Waals surface area contributed by atoms with Crippen LogP contribution in [-0.2, 0) is 9.59 Å². The van der Waals surface area contributed by atoms with E-state index in [1.54, 1.807) is 36.4 Å². The molecule has 3 aromatic rings. The fraction of sp³-hybridized carbons (Fsp3) is 0.154. The zero-order valence-corrected chi connectivity index (χ0v) is 18.4. The predicted octanol–water partition coefficient (Wildman–Crippen LogP) is 5.38. The summed E-state index contributed by atoms with van der Waals surface area (Å²) in [5.74, 6) is -2.65. The van der Waals surface area contributed by atoms with Crippen molar-refractivity contribution >= 4 is 28.8 Å². The van der Waals surface area contributed by atoms with Gasteiger partial charge in [-0.25, -0.2) is 13.7 Å². The molecule has 0 fully saturated rings. The van der Waals surface area contributed by atoms with Crippen molar-refractivity contribution in [2.75, 3.05) is 16.8 Å². The summed E-state index contributed by atoms with van der Waals surface area (Å²) in [5.41, 5.74) is 2.80. The first kappa shape index (κ1) is 22.2. The Morgan fingerprint density at radius 2 is 1.70 bits per heavy atom. The van der Waals surface area contributed by atoms with Crippen LogP contribution in [0, 0.1) is 25.5 Å². The Labute approximate surface area is 190 Å². The Balaban J connectivity index is 1.84. The van der Waals surface area contributed by atoms with Crippen LogP contribution in [0.5, 0.6) is 5.75 Å². The molecule has 3 aromatic carbocycles. The average Bonchev–Trinajstić information content (AvgIpc) is 3.00. The van der Waals surface area contributed by atoms with E-state index < -0.39 is 23.4 Å². The molecule has 0 aromatic heterocycles. The van der Waals surface area contributed by atoms with Gasteiger partial charge in [-0.2, -0.15) is 0 Å². The maximum atomic E-state index is 14.5. The SMILES string of the molecule is CCOc1cccc(NC2=C(c3ccc(C)c(C)c3)C(=O)N(c3ccc(F)cc3F)C2=O)c1. The minimum Gasteiger partial charge on any atom is -0.494 e. The highest BCUT2D eigenvalue weighted by molar-refractivity contribution is 6.46. The number of amides is 2. The van der Waals surface area contributed by atoms with Gasteiger partial charge in [0.05, 0.1) is 17.9 Å². The van der Waals surface area contributed by atoms with Crippen LogP contribution in [0.3, 0.4) is 0 Å². The van der Waals surface area contributed by atoms with Crippen LogP contribution in [-0.4, -0.2) is 18.4 Å². The predicted molar refractivity (Wildman–Crippen MR) is 123 cm³/mol. The molecular formula is C26H22F2N2O3. The lowest BCUT2D eigenvalue weighted by Gasteiger charge is -2.16. The first-order chi connectivity index (χ1) is 15.8. The number of benzene rings is 3. The first-order valence-electron chi connectivity index (χ1n) is 10.5. The van der Waals surface area contributed by atoms with E-state index in [1.165, 1.54) is 0 Å². The molecule has 0 aliphatic carbocycles. The number of hydrogen-bond acceptors (Lipinski definition) is 4. The Bertz CT molecular complexity index is 1300. The number of nitrogens with one attached hydrogen (secondary N) is 1. The first-order valence-corrected chi connectivity index (χ1v) is 10.5. The van der Waals surface area contributed by atoms with Crippen LogP contribution in [0.1, 0.15) is 23.6 Å². The van der Waals surface area contributed by atoms with E-state index in [4.69, 9.17) is 4.74 Å². The summed E-state index contributed by atoms with van der Waals surface area (Å²) >= 11 is 0. The van der Waals surface area contributed by atoms with Crippen LogP contribution >= 0.6 is 0 Å². The smallest absolute Gasteiger partial charge is 0.282 e. The fourth-order valence-electron chi connectivity index (χ4n) is 3.67. The van der Waals surface area contributed by atoms with Crippen LogP contribution in [0.4, 0.5) is 20.2 Å². The number of imide groups is 1. The van der Waals surface area contributed by atoms with Crippen molar-refractivity contribution in [3.8, 4) is 5.75 Å². The van der Waals surface area contributed by atoms with E-state index in [-0.39, 0.29) is 17.0 Å². The molecule has 2 amide bonds. The summed E-state index contributed by atoms with van der Waals surface area (Å²) < 4.78 is 33.5. The Morgan fingerprint density at radius 1 is 0.909 bits per heavy atom. The lowest BCUT2D eigenvalue weighted by molar-refractivity contribution is -0.120. The van der Waals surface area contributed by atoms with E-state index in [1.807, 2.05) is 26.8 Å². The summed E-state index contributed by atoms with van der Waals surface area (Å²) in [7, 11) is 0. The number of ether oxygens (including phenoxy) is 1. The van der Waals surface area contributed by atoms with Gasteiger partial charge in [-0.3, -0.25) is 9.59 Å². The molecule has 168 valence electrons. The lowest BCUT2D eigenvalue weighted by Crippen LogP contribution is -2.33. The van der Waals surface area contributed by atoms with Crippen molar-refractivity contribution in [2.45, 2.75) is 20.8 Å². The molecule has 0 bridgehead atoms. The maximum absolute atomic E-state index is 14.5. The largest absolute Gasteiger partial charge is 0.494 e. The topological polar surface area (TPSA) is 58.6 Å². The average molecular weight is 448 g/mol. The molecule has 0 spiro atoms. The van der Waals surface area contributed by atoms with Crippen molar-refractivity contribution in [2.24, 2.45) is 0 Å². The van der Waals surface area contributed by atoms with Gasteiger partial charge in [0.15, 0.2) is 0 Å². The quantitative estimate of drug-likeness (QED) is 0.515. The van der Waals surface area contributed by atoms with Gasteiger partial charge in [0, 0.05) is 17.8 Å². The summed E-state index contributed by atoms with van der Waals surface area (Å²) in [5, 5.41) is 3.02. The minimum absolute atomic E-state index is 0.000580. The van der Waals surface area contributed by atoms with Crippen LogP contribution in [0.2, 0.25) is 0 Å². The molecule has 0 saturated heterocycles. The molecule has 1 aliphatic heterocycles. The highest BCUT2D eigenvalue weighted by atomic mass is 19.1. The molecular weight excluding hydrogens is 426 g/mol. The van der Waals surface area contributed by atoms with Gasteiger partial charge in [0.2, 0.25) is 0 Å². The second-order valence-electron chi connectivity index (χ2n) is 7.68. The molecule has 33 heavy (non-hydrogen) atoms. The van der Waals surface area contributed by atoms with Gasteiger partial charge in [0.1, 0.15) is 23.1 Å². The number of halogens is 2. The molecule has 0 radical (unpaired) electrons. The molecule has 1 N–H and O–H groups in total. The zero-order chi connectivity index (χ0) is 23.7. The summed E-state index contributed by atoms with van der Waals surface area (Å²) in [6.07, 6.45) is 0. The van der Waals surface area contributed by atoms with E-state index in [2.05, 4.69) is 5.32 Å². The zero-order valence-electron chi connectivity index (χ0n) is 18.4. The number of carbonyl (C=O) groups is 2. The molecule has 0 unspecified atom stereocenters. The number of rotatable bonds is 6. The Kier molecular flexibility index (Phi) is 5.96. The second-order valence-corrected chi connectivity index (χ2v) is 7.68. The lowest BCUT2D eigenvalue weighted by atomic mass is 9.99. The van der Waals surface area contributed by atoms with Gasteiger partial charge < -0.3 is 10.1 Å². The van der Waals surface area contributed by atoms with Gasteiger partial charge >= 0.3 is 0 Å². The number of hydrogen-bond donors (Lipinski definition) is 1. The van der Waals surface area contributed by atoms with Crippen molar-refractivity contribution in [1.29, 1.82) is 0 Å². The highest BCUT2D eigenvalue weighted by Crippen LogP contribution is 2.36. The number of aryl methyl sites for hydroxylation is 2. The van der Waals surface area contributed by atoms with E-state index in [9.17, 15) is 18.4 Å². The van der Waals surface area contributed by atoms with Crippen LogP contribution in [0.25, 0.3) is 5.57 Å². The normalized spacial score (nSPS) is 13.7. The van der Waals surface area contributed by atoms with E-state index in [0.717, 1.165) is 28.2 Å². The number of carbonyl (C=O) groups excluding carboxylic acids is 2. The third kappa shape index (κ3) is 4.22. The molecule has 1 aliphatic rings. The van der Waals surface area contributed by atoms with Crippen molar-refractivity contribution in [3.05, 3.63) is 94.7 Å². The van der Waals surface area contributed by atoms with Crippen LogP contribution in [0.15, 0.2) is 66.4 Å². The maximum Gasteiger partial charge on any atom is 0.282 e. The Hall–Kier alpha value is -4.00. The number of anilines is 2. The molecule has 4 rings (SSSR count). The van der Waals surface area contributed by atoms with Gasteiger partial charge in [-0.15, -0.1) is 0 Å². The van der Waals surface area contributed by atoms with Crippen molar-refractivity contribution < 1.29 is 23.1 Å². The van der Waals surface area contributed by atoms with Crippen LogP contribution < -0.4 is 15.0 Å². The van der Waals surface area contributed by atoms with E-state index in [0.29, 0.717) is 29.7 Å². The third-order valence-electron chi connectivity index (χ3n) is 5.44. The minimum atomic E-state index is -1.00. The summed E-state index contributed by atoms with van der Waals surface area (Å²) in [4.78, 5) is 27.6. The number of nitrogens with zero attached hydrogens (tertiary/aromatic N) is 1. The van der Waals surface area contributed by atoms with Gasteiger partial charge in [-0.05, 0) is 61.7 Å². The highest BCUT2D eigenvalue weighted by Gasteiger charge is 2.41. The summed E-state index contributed by atoms with van der Waals surface area (Å²) in [6, 6.07) is 15.1. The molecule has 1 heterocycles. The second kappa shape index (κ2) is 8.86. The molecule has 7 heteroatoms. The van der Waals surface area contributed by atoms with Crippen molar-refractivity contribution in [3.63, 3.8) is 0 Å². The van der Waals surface area contributed by atoms with Crippen molar-refractivity contribution in [1.82, 2.24) is 0 Å². The van der Waals surface area contributed by atoms with Gasteiger partial charge in [-0.1, -0.05) is 24.3 Å². The van der Waals surface area contributed by atoms with E-state index >= 15 is 0 Å². The molecule has 5 nitrogen and oxygen atoms in total. The standard InChI is InChI=1S/C26H22F2N2O3/c1-4-33-20-7-5-6-19(14-20)29-24-23(17-9-8-15(2)16(3)12-17)25(31)30(26(24)32)22-11-10-18(27)13-21(22)28/h5-14,29H,4H2,1-3H3.